The molecule has 19 heavy (non-hydrogen) atoms. The molecule has 0 aliphatic carbocycles. The standard InChI is InChI=1S/C13H17NO5/c1-8-10(17-3)5-9(6-11(8)18-4)13(16)19-7-12(15)14-2/h5-6H,7H2,1-4H3,(H,14,15). The van der Waals surface area contributed by atoms with Gasteiger partial charge in [0.15, 0.2) is 6.61 Å². The first-order valence-electron chi connectivity index (χ1n) is 5.63. The summed E-state index contributed by atoms with van der Waals surface area (Å²) >= 11 is 0. The molecule has 0 bridgehead atoms. The summed E-state index contributed by atoms with van der Waals surface area (Å²) in [6.45, 7) is 1.49. The lowest BCUT2D eigenvalue weighted by Crippen LogP contribution is -2.25. The summed E-state index contributed by atoms with van der Waals surface area (Å²) < 4.78 is 15.2. The molecule has 0 radical (unpaired) electrons. The number of esters is 1. The minimum Gasteiger partial charge on any atom is -0.496 e. The molecule has 0 aliphatic rings. The fraction of sp³-hybridized carbons (Fsp3) is 0.385. The maximum absolute atomic E-state index is 11.8. The number of benzene rings is 1. The van der Waals surface area contributed by atoms with Gasteiger partial charge in [-0.05, 0) is 19.1 Å². The van der Waals surface area contributed by atoms with Gasteiger partial charge in [0.2, 0.25) is 0 Å². The molecule has 1 N–H and O–H groups in total. The normalized spacial score (nSPS) is 9.68. The van der Waals surface area contributed by atoms with Crippen molar-refractivity contribution in [1.82, 2.24) is 5.32 Å². The Labute approximate surface area is 111 Å². The first-order valence-corrected chi connectivity index (χ1v) is 5.63. The predicted octanol–water partition coefficient (Wildman–Crippen LogP) is 0.915. The lowest BCUT2D eigenvalue weighted by Gasteiger charge is -2.12. The van der Waals surface area contributed by atoms with Crippen LogP contribution in [0.25, 0.3) is 0 Å². The molecule has 0 spiro atoms. The van der Waals surface area contributed by atoms with E-state index in [1.807, 2.05) is 6.92 Å². The van der Waals surface area contributed by atoms with Crippen molar-refractivity contribution in [2.24, 2.45) is 0 Å². The van der Waals surface area contributed by atoms with Crippen LogP contribution in [-0.4, -0.2) is 39.8 Å². The van der Waals surface area contributed by atoms with Crippen LogP contribution >= 0.6 is 0 Å². The van der Waals surface area contributed by atoms with E-state index in [1.54, 1.807) is 12.1 Å². The zero-order chi connectivity index (χ0) is 14.4. The average molecular weight is 267 g/mol. The Balaban J connectivity index is 2.94. The Morgan fingerprint density at radius 2 is 1.68 bits per heavy atom. The maximum Gasteiger partial charge on any atom is 0.338 e. The van der Waals surface area contributed by atoms with Crippen LogP contribution in [0.4, 0.5) is 0 Å². The van der Waals surface area contributed by atoms with E-state index < -0.39 is 5.97 Å². The molecule has 6 nitrogen and oxygen atoms in total. The summed E-state index contributed by atoms with van der Waals surface area (Å²) in [6.07, 6.45) is 0. The fourth-order valence-electron chi connectivity index (χ4n) is 1.49. The van der Waals surface area contributed by atoms with Gasteiger partial charge in [0.05, 0.1) is 19.8 Å². The van der Waals surface area contributed by atoms with Gasteiger partial charge in [0, 0.05) is 12.6 Å². The van der Waals surface area contributed by atoms with Crippen LogP contribution in [0.1, 0.15) is 15.9 Å². The second-order valence-corrected chi connectivity index (χ2v) is 3.76. The highest BCUT2D eigenvalue weighted by atomic mass is 16.5. The molecule has 0 aromatic heterocycles. The van der Waals surface area contributed by atoms with Gasteiger partial charge in [-0.25, -0.2) is 4.79 Å². The van der Waals surface area contributed by atoms with Crippen molar-refractivity contribution in [3.63, 3.8) is 0 Å². The molecule has 104 valence electrons. The molecule has 1 aromatic rings. The predicted molar refractivity (Wildman–Crippen MR) is 68.6 cm³/mol. The lowest BCUT2D eigenvalue weighted by molar-refractivity contribution is -0.123. The van der Waals surface area contributed by atoms with E-state index in [-0.39, 0.29) is 18.1 Å². The minimum atomic E-state index is -0.611. The summed E-state index contributed by atoms with van der Waals surface area (Å²) in [4.78, 5) is 22.8. The van der Waals surface area contributed by atoms with Crippen molar-refractivity contribution in [2.45, 2.75) is 6.92 Å². The van der Waals surface area contributed by atoms with E-state index in [0.29, 0.717) is 11.5 Å². The average Bonchev–Trinajstić information content (AvgIpc) is 2.44. The van der Waals surface area contributed by atoms with Gasteiger partial charge < -0.3 is 19.5 Å². The number of amides is 1. The van der Waals surface area contributed by atoms with E-state index in [9.17, 15) is 9.59 Å². The van der Waals surface area contributed by atoms with E-state index in [1.165, 1.54) is 21.3 Å². The zero-order valence-corrected chi connectivity index (χ0v) is 11.4. The van der Waals surface area contributed by atoms with Crippen molar-refractivity contribution in [1.29, 1.82) is 0 Å². The number of carbonyl (C=O) groups excluding carboxylic acids is 2. The number of methoxy groups -OCH3 is 2. The molecule has 0 saturated carbocycles. The van der Waals surface area contributed by atoms with Crippen LogP contribution in [0, 0.1) is 6.92 Å². The zero-order valence-electron chi connectivity index (χ0n) is 11.4. The molecule has 1 rings (SSSR count). The smallest absolute Gasteiger partial charge is 0.338 e. The topological polar surface area (TPSA) is 73.9 Å². The Bertz CT molecular complexity index is 459. The van der Waals surface area contributed by atoms with Gasteiger partial charge >= 0.3 is 5.97 Å². The third-order valence-corrected chi connectivity index (χ3v) is 2.60. The molecule has 0 heterocycles. The highest BCUT2D eigenvalue weighted by Crippen LogP contribution is 2.29. The van der Waals surface area contributed by atoms with Gasteiger partial charge in [0.1, 0.15) is 11.5 Å². The molecule has 0 atom stereocenters. The first kappa shape index (κ1) is 14.8. The van der Waals surface area contributed by atoms with Crippen LogP contribution in [0.3, 0.4) is 0 Å². The van der Waals surface area contributed by atoms with Gasteiger partial charge in [-0.3, -0.25) is 4.79 Å². The molecule has 0 unspecified atom stereocenters. The number of hydrogen-bond acceptors (Lipinski definition) is 5. The molecule has 0 saturated heterocycles. The molecule has 0 fully saturated rings. The SMILES string of the molecule is CNC(=O)COC(=O)c1cc(OC)c(C)c(OC)c1. The fourth-order valence-corrected chi connectivity index (χ4v) is 1.49. The molecule has 1 aromatic carbocycles. The highest BCUT2D eigenvalue weighted by Gasteiger charge is 2.15. The van der Waals surface area contributed by atoms with Gasteiger partial charge in [-0.1, -0.05) is 0 Å². The lowest BCUT2D eigenvalue weighted by atomic mass is 10.1. The highest BCUT2D eigenvalue weighted by molar-refractivity contribution is 5.92. The number of hydrogen-bond donors (Lipinski definition) is 1. The van der Waals surface area contributed by atoms with Crippen LogP contribution in [-0.2, 0) is 9.53 Å². The first-order chi connectivity index (χ1) is 9.03. The summed E-state index contributed by atoms with van der Waals surface area (Å²) in [5, 5.41) is 2.36. The second-order valence-electron chi connectivity index (χ2n) is 3.76. The Morgan fingerprint density at radius 3 is 2.11 bits per heavy atom. The van der Waals surface area contributed by atoms with E-state index in [2.05, 4.69) is 5.32 Å². The second kappa shape index (κ2) is 6.63. The van der Waals surface area contributed by atoms with Crippen LogP contribution in [0.15, 0.2) is 12.1 Å². The van der Waals surface area contributed by atoms with Crippen LogP contribution in [0.5, 0.6) is 11.5 Å². The van der Waals surface area contributed by atoms with Gasteiger partial charge in [0.25, 0.3) is 5.91 Å². The van der Waals surface area contributed by atoms with Crippen molar-refractivity contribution in [2.75, 3.05) is 27.9 Å². The van der Waals surface area contributed by atoms with E-state index in [4.69, 9.17) is 14.2 Å². The third-order valence-electron chi connectivity index (χ3n) is 2.60. The van der Waals surface area contributed by atoms with Crippen molar-refractivity contribution < 1.29 is 23.8 Å². The molecule has 6 heteroatoms. The molecular formula is C13H17NO5. The monoisotopic (exact) mass is 267 g/mol. The number of carbonyl (C=O) groups is 2. The summed E-state index contributed by atoms with van der Waals surface area (Å²) in [5.74, 6) is 0.0528. The van der Waals surface area contributed by atoms with Crippen LogP contribution < -0.4 is 14.8 Å². The van der Waals surface area contributed by atoms with Gasteiger partial charge in [-0.15, -0.1) is 0 Å². The Morgan fingerprint density at radius 1 is 1.16 bits per heavy atom. The molecule has 1 amide bonds. The molecular weight excluding hydrogens is 250 g/mol. The van der Waals surface area contributed by atoms with Crippen LogP contribution in [0.2, 0.25) is 0 Å². The third kappa shape index (κ3) is 3.61. The minimum absolute atomic E-state index is 0.267. The summed E-state index contributed by atoms with van der Waals surface area (Å²) in [5.41, 5.74) is 1.05. The molecule has 0 aliphatic heterocycles. The summed E-state index contributed by atoms with van der Waals surface area (Å²) in [7, 11) is 4.47. The number of nitrogens with one attached hydrogen (secondary N) is 1. The Kier molecular flexibility index (Phi) is 5.17. The number of ether oxygens (including phenoxy) is 3. The maximum atomic E-state index is 11.8. The van der Waals surface area contributed by atoms with E-state index in [0.717, 1.165) is 5.56 Å². The number of likely N-dealkylation sites (N-methyl/N-ethyl adjacent to an activating group) is 1. The number of rotatable bonds is 5. The van der Waals surface area contributed by atoms with Crippen molar-refractivity contribution in [3.8, 4) is 11.5 Å². The Hall–Kier alpha value is -2.24. The van der Waals surface area contributed by atoms with Gasteiger partial charge in [-0.2, -0.15) is 0 Å². The summed E-state index contributed by atoms with van der Waals surface area (Å²) in [6, 6.07) is 3.09. The van der Waals surface area contributed by atoms with E-state index >= 15 is 0 Å². The quantitative estimate of drug-likeness (QED) is 0.803. The largest absolute Gasteiger partial charge is 0.496 e. The van der Waals surface area contributed by atoms with Crippen molar-refractivity contribution >= 4 is 11.9 Å². The van der Waals surface area contributed by atoms with Crippen molar-refractivity contribution in [3.05, 3.63) is 23.3 Å².